The number of nitrogens with two attached hydrogens (primary N) is 1. The Balaban J connectivity index is 2.20. The summed E-state index contributed by atoms with van der Waals surface area (Å²) in [7, 11) is 0. The Bertz CT molecular complexity index is 440. The highest BCUT2D eigenvalue weighted by molar-refractivity contribution is 5.58. The number of rotatable bonds is 6. The Morgan fingerprint density at radius 2 is 1.86 bits per heavy atom. The molecular formula is C16H29N5. The average molecular weight is 291 g/mol. The zero-order chi connectivity index (χ0) is 15.2. The van der Waals surface area contributed by atoms with Crippen LogP contribution in [0.2, 0.25) is 0 Å². The molecule has 118 valence electrons. The summed E-state index contributed by atoms with van der Waals surface area (Å²) < 4.78 is 0. The molecule has 5 heteroatoms. The highest BCUT2D eigenvalue weighted by atomic mass is 15.3. The van der Waals surface area contributed by atoms with Crippen molar-refractivity contribution in [1.29, 1.82) is 0 Å². The van der Waals surface area contributed by atoms with Gasteiger partial charge in [0, 0.05) is 11.6 Å². The lowest BCUT2D eigenvalue weighted by molar-refractivity contribution is 0.312. The standard InChI is InChI=1S/C16H29N5/c1-4-13(12-8-6-5-7-9-12)20-15-14(11(2)3)16(21-17)19-10-18-15/h10-13H,4-9,17H2,1-3H3,(H2,18,19,20,21). The minimum Gasteiger partial charge on any atom is -0.367 e. The van der Waals surface area contributed by atoms with Gasteiger partial charge in [-0.3, -0.25) is 0 Å². The number of hydrogen-bond acceptors (Lipinski definition) is 5. The summed E-state index contributed by atoms with van der Waals surface area (Å²) in [6.07, 6.45) is 9.47. The van der Waals surface area contributed by atoms with Crippen molar-refractivity contribution in [2.75, 3.05) is 10.7 Å². The molecule has 0 saturated heterocycles. The Morgan fingerprint density at radius 1 is 1.19 bits per heavy atom. The second kappa shape index (κ2) is 7.59. The molecule has 1 aromatic rings. The van der Waals surface area contributed by atoms with Gasteiger partial charge in [0.1, 0.15) is 18.0 Å². The van der Waals surface area contributed by atoms with Gasteiger partial charge in [0.2, 0.25) is 0 Å². The fraction of sp³-hybridized carbons (Fsp3) is 0.750. The van der Waals surface area contributed by atoms with Crippen LogP contribution in [-0.4, -0.2) is 16.0 Å². The molecule has 1 heterocycles. The van der Waals surface area contributed by atoms with Crippen molar-refractivity contribution < 1.29 is 0 Å². The fourth-order valence-corrected chi connectivity index (χ4v) is 3.44. The van der Waals surface area contributed by atoms with Crippen LogP contribution in [0.5, 0.6) is 0 Å². The summed E-state index contributed by atoms with van der Waals surface area (Å²) in [6.45, 7) is 6.54. The first-order chi connectivity index (χ1) is 10.2. The Hall–Kier alpha value is -1.36. The predicted molar refractivity (Wildman–Crippen MR) is 88.2 cm³/mol. The summed E-state index contributed by atoms with van der Waals surface area (Å²) in [5.74, 6) is 8.33. The third-order valence-electron chi connectivity index (χ3n) is 4.58. The number of nitrogen functional groups attached to an aromatic ring is 1. The molecule has 0 spiro atoms. The molecule has 5 nitrogen and oxygen atoms in total. The topological polar surface area (TPSA) is 75.9 Å². The van der Waals surface area contributed by atoms with Crippen LogP contribution < -0.4 is 16.6 Å². The molecule has 0 amide bonds. The van der Waals surface area contributed by atoms with Crippen molar-refractivity contribution in [3.63, 3.8) is 0 Å². The molecule has 1 saturated carbocycles. The molecule has 1 aromatic heterocycles. The van der Waals surface area contributed by atoms with Gasteiger partial charge in [-0.05, 0) is 31.1 Å². The summed E-state index contributed by atoms with van der Waals surface area (Å²) >= 11 is 0. The summed E-state index contributed by atoms with van der Waals surface area (Å²) in [6, 6.07) is 0.489. The molecule has 4 N–H and O–H groups in total. The van der Waals surface area contributed by atoms with Gasteiger partial charge in [0.15, 0.2) is 0 Å². The number of nitrogens with one attached hydrogen (secondary N) is 2. The molecular weight excluding hydrogens is 262 g/mol. The van der Waals surface area contributed by atoms with Crippen LogP contribution in [0, 0.1) is 5.92 Å². The lowest BCUT2D eigenvalue weighted by Crippen LogP contribution is -2.31. The molecule has 0 aromatic carbocycles. The number of nitrogens with zero attached hydrogens (tertiary/aromatic N) is 2. The van der Waals surface area contributed by atoms with Crippen LogP contribution in [0.3, 0.4) is 0 Å². The zero-order valence-electron chi connectivity index (χ0n) is 13.5. The molecule has 21 heavy (non-hydrogen) atoms. The van der Waals surface area contributed by atoms with Crippen LogP contribution in [-0.2, 0) is 0 Å². The van der Waals surface area contributed by atoms with Crippen LogP contribution >= 0.6 is 0 Å². The zero-order valence-corrected chi connectivity index (χ0v) is 13.5. The Kier molecular flexibility index (Phi) is 5.79. The third kappa shape index (κ3) is 3.84. The average Bonchev–Trinajstić information content (AvgIpc) is 2.52. The van der Waals surface area contributed by atoms with E-state index >= 15 is 0 Å². The summed E-state index contributed by atoms with van der Waals surface area (Å²) in [5.41, 5.74) is 3.78. The predicted octanol–water partition coefficient (Wildman–Crippen LogP) is 3.66. The Morgan fingerprint density at radius 3 is 2.43 bits per heavy atom. The van der Waals surface area contributed by atoms with Gasteiger partial charge in [0.25, 0.3) is 0 Å². The van der Waals surface area contributed by atoms with E-state index in [2.05, 4.69) is 41.5 Å². The smallest absolute Gasteiger partial charge is 0.148 e. The van der Waals surface area contributed by atoms with E-state index in [1.807, 2.05) is 0 Å². The Labute approximate surface area is 128 Å². The SMILES string of the molecule is CCC(Nc1ncnc(NN)c1C(C)C)C1CCCCC1. The molecule has 2 rings (SSSR count). The third-order valence-corrected chi connectivity index (χ3v) is 4.58. The van der Waals surface area contributed by atoms with Crippen molar-refractivity contribution in [3.8, 4) is 0 Å². The van der Waals surface area contributed by atoms with Crippen LogP contribution in [0.4, 0.5) is 11.6 Å². The summed E-state index contributed by atoms with van der Waals surface area (Å²) in [4.78, 5) is 8.71. The van der Waals surface area contributed by atoms with Crippen molar-refractivity contribution in [2.45, 2.75) is 71.3 Å². The molecule has 1 aliphatic carbocycles. The highest BCUT2D eigenvalue weighted by Crippen LogP contribution is 2.32. The first-order valence-corrected chi connectivity index (χ1v) is 8.25. The van der Waals surface area contributed by atoms with Gasteiger partial charge in [-0.1, -0.05) is 40.0 Å². The quantitative estimate of drug-likeness (QED) is 0.551. The van der Waals surface area contributed by atoms with Crippen LogP contribution in [0.1, 0.15) is 70.8 Å². The first-order valence-electron chi connectivity index (χ1n) is 8.25. The molecule has 1 aliphatic rings. The summed E-state index contributed by atoms with van der Waals surface area (Å²) in [5, 5.41) is 3.68. The van der Waals surface area contributed by atoms with Gasteiger partial charge in [-0.25, -0.2) is 15.8 Å². The van der Waals surface area contributed by atoms with Gasteiger partial charge < -0.3 is 10.7 Å². The number of hydrogen-bond donors (Lipinski definition) is 3. The largest absolute Gasteiger partial charge is 0.367 e. The maximum absolute atomic E-state index is 5.60. The maximum atomic E-state index is 5.60. The van der Waals surface area contributed by atoms with Crippen LogP contribution in [0.15, 0.2) is 6.33 Å². The van der Waals surface area contributed by atoms with Crippen LogP contribution in [0.25, 0.3) is 0 Å². The molecule has 0 bridgehead atoms. The second-order valence-corrected chi connectivity index (χ2v) is 6.34. The molecule has 0 aliphatic heterocycles. The molecule has 1 atom stereocenters. The maximum Gasteiger partial charge on any atom is 0.148 e. The lowest BCUT2D eigenvalue weighted by atomic mass is 9.83. The number of hydrazine groups is 1. The highest BCUT2D eigenvalue weighted by Gasteiger charge is 2.24. The van der Waals surface area contributed by atoms with E-state index in [0.29, 0.717) is 12.0 Å². The van der Waals surface area contributed by atoms with E-state index in [1.54, 1.807) is 6.33 Å². The van der Waals surface area contributed by atoms with Gasteiger partial charge >= 0.3 is 0 Å². The van der Waals surface area contributed by atoms with E-state index < -0.39 is 0 Å². The van der Waals surface area contributed by atoms with Gasteiger partial charge in [0.05, 0.1) is 0 Å². The molecule has 0 radical (unpaired) electrons. The van der Waals surface area contributed by atoms with Crippen molar-refractivity contribution >= 4 is 11.6 Å². The van der Waals surface area contributed by atoms with E-state index in [0.717, 1.165) is 29.5 Å². The van der Waals surface area contributed by atoms with Gasteiger partial charge in [-0.2, -0.15) is 0 Å². The van der Waals surface area contributed by atoms with Crippen molar-refractivity contribution in [2.24, 2.45) is 11.8 Å². The monoisotopic (exact) mass is 291 g/mol. The number of aromatic nitrogens is 2. The molecule has 1 fully saturated rings. The fourth-order valence-electron chi connectivity index (χ4n) is 3.44. The van der Waals surface area contributed by atoms with Crippen molar-refractivity contribution in [1.82, 2.24) is 9.97 Å². The number of anilines is 2. The van der Waals surface area contributed by atoms with E-state index in [4.69, 9.17) is 5.84 Å². The van der Waals surface area contributed by atoms with E-state index in [-0.39, 0.29) is 0 Å². The molecule has 1 unspecified atom stereocenters. The first kappa shape index (κ1) is 16.0. The lowest BCUT2D eigenvalue weighted by Gasteiger charge is -2.31. The normalized spacial score (nSPS) is 17.8. The van der Waals surface area contributed by atoms with Crippen molar-refractivity contribution in [3.05, 3.63) is 11.9 Å². The van der Waals surface area contributed by atoms with E-state index in [1.165, 1.54) is 32.1 Å². The van der Waals surface area contributed by atoms with Gasteiger partial charge in [-0.15, -0.1) is 0 Å². The minimum atomic E-state index is 0.323. The second-order valence-electron chi connectivity index (χ2n) is 6.34. The van der Waals surface area contributed by atoms with E-state index in [9.17, 15) is 0 Å². The minimum absolute atomic E-state index is 0.323.